The fourth-order valence-electron chi connectivity index (χ4n) is 1.71. The van der Waals surface area contributed by atoms with E-state index in [1.165, 1.54) is 6.07 Å². The SMILES string of the molecule is Cc1cc(Oc2ccccc2Cl)cc(F)c1CN.Cl. The zero-order valence-corrected chi connectivity index (χ0v) is 11.9. The standard InChI is InChI=1S/C14H13ClFNO.ClH/c1-9-6-10(7-13(16)11(9)8-17)18-14-5-3-2-4-12(14)15;/h2-7H,8,17H2,1H3;1H. The van der Waals surface area contributed by atoms with E-state index in [2.05, 4.69) is 0 Å². The third kappa shape index (κ3) is 3.60. The first kappa shape index (κ1) is 15.8. The summed E-state index contributed by atoms with van der Waals surface area (Å²) >= 11 is 5.97. The minimum Gasteiger partial charge on any atom is -0.456 e. The monoisotopic (exact) mass is 301 g/mol. The number of benzene rings is 2. The van der Waals surface area contributed by atoms with E-state index in [1.54, 1.807) is 37.3 Å². The molecule has 0 unspecified atom stereocenters. The average Bonchev–Trinajstić information content (AvgIpc) is 2.32. The Morgan fingerprint density at radius 1 is 1.26 bits per heavy atom. The van der Waals surface area contributed by atoms with Crippen LogP contribution in [-0.4, -0.2) is 0 Å². The number of nitrogens with two attached hydrogens (primary N) is 1. The molecule has 5 heteroatoms. The number of halogens is 3. The summed E-state index contributed by atoms with van der Waals surface area (Å²) in [5, 5.41) is 0.485. The maximum atomic E-state index is 13.7. The second kappa shape index (κ2) is 6.75. The van der Waals surface area contributed by atoms with Crippen LogP contribution in [0.1, 0.15) is 11.1 Å². The number of para-hydroxylation sites is 1. The average molecular weight is 302 g/mol. The van der Waals surface area contributed by atoms with Crippen molar-refractivity contribution in [1.82, 2.24) is 0 Å². The molecule has 0 atom stereocenters. The predicted molar refractivity (Wildman–Crippen MR) is 77.8 cm³/mol. The second-order valence-electron chi connectivity index (χ2n) is 3.94. The quantitative estimate of drug-likeness (QED) is 0.908. The number of hydrogen-bond donors (Lipinski definition) is 1. The molecule has 0 amide bonds. The van der Waals surface area contributed by atoms with Crippen LogP contribution in [0.3, 0.4) is 0 Å². The molecule has 2 aromatic rings. The molecule has 0 bridgehead atoms. The Balaban J connectivity index is 0.00000180. The molecule has 0 aromatic heterocycles. The van der Waals surface area contributed by atoms with Crippen molar-refractivity contribution in [1.29, 1.82) is 0 Å². The van der Waals surface area contributed by atoms with Crippen LogP contribution in [0.15, 0.2) is 36.4 Å². The fourth-order valence-corrected chi connectivity index (χ4v) is 1.89. The lowest BCUT2D eigenvalue weighted by atomic mass is 10.1. The summed E-state index contributed by atoms with van der Waals surface area (Å²) < 4.78 is 19.3. The van der Waals surface area contributed by atoms with Gasteiger partial charge < -0.3 is 10.5 Å². The van der Waals surface area contributed by atoms with E-state index < -0.39 is 0 Å². The van der Waals surface area contributed by atoms with Crippen LogP contribution < -0.4 is 10.5 Å². The molecule has 0 radical (unpaired) electrons. The summed E-state index contributed by atoms with van der Waals surface area (Å²) in [6.07, 6.45) is 0. The van der Waals surface area contributed by atoms with E-state index >= 15 is 0 Å². The summed E-state index contributed by atoms with van der Waals surface area (Å²) in [4.78, 5) is 0. The lowest BCUT2D eigenvalue weighted by Gasteiger charge is -2.11. The van der Waals surface area contributed by atoms with E-state index in [0.29, 0.717) is 22.1 Å². The zero-order chi connectivity index (χ0) is 13.1. The van der Waals surface area contributed by atoms with E-state index in [0.717, 1.165) is 5.56 Å². The van der Waals surface area contributed by atoms with Crippen molar-refractivity contribution in [3.8, 4) is 11.5 Å². The van der Waals surface area contributed by atoms with Crippen molar-refractivity contribution >= 4 is 24.0 Å². The molecule has 0 aliphatic heterocycles. The molecule has 102 valence electrons. The van der Waals surface area contributed by atoms with Gasteiger partial charge in [0.25, 0.3) is 0 Å². The lowest BCUT2D eigenvalue weighted by molar-refractivity contribution is 0.475. The highest BCUT2D eigenvalue weighted by atomic mass is 35.5. The Morgan fingerprint density at radius 3 is 2.53 bits per heavy atom. The van der Waals surface area contributed by atoms with E-state index in [-0.39, 0.29) is 24.8 Å². The molecule has 2 nitrogen and oxygen atoms in total. The molecule has 0 saturated heterocycles. The van der Waals surface area contributed by atoms with Gasteiger partial charge in [0.1, 0.15) is 17.3 Å². The van der Waals surface area contributed by atoms with E-state index in [4.69, 9.17) is 22.1 Å². The number of rotatable bonds is 3. The Kier molecular flexibility index (Phi) is 5.60. The van der Waals surface area contributed by atoms with Gasteiger partial charge in [0.05, 0.1) is 5.02 Å². The van der Waals surface area contributed by atoms with Gasteiger partial charge in [-0.3, -0.25) is 0 Å². The lowest BCUT2D eigenvalue weighted by Crippen LogP contribution is -2.03. The normalized spacial score (nSPS) is 9.89. The van der Waals surface area contributed by atoms with Crippen LogP contribution in [0.5, 0.6) is 11.5 Å². The molecule has 0 heterocycles. The summed E-state index contributed by atoms with van der Waals surface area (Å²) in [5.41, 5.74) is 6.74. The Labute approximate surface area is 122 Å². The van der Waals surface area contributed by atoms with Gasteiger partial charge in [-0.05, 0) is 30.7 Å². The maximum absolute atomic E-state index is 13.7. The zero-order valence-electron chi connectivity index (χ0n) is 10.3. The molecule has 19 heavy (non-hydrogen) atoms. The molecular formula is C14H14Cl2FNO. The summed E-state index contributed by atoms with van der Waals surface area (Å²) in [5.74, 6) is 0.549. The Morgan fingerprint density at radius 2 is 1.95 bits per heavy atom. The minimum atomic E-state index is -0.362. The highest BCUT2D eigenvalue weighted by Gasteiger charge is 2.09. The van der Waals surface area contributed by atoms with Gasteiger partial charge in [-0.25, -0.2) is 4.39 Å². The van der Waals surface area contributed by atoms with Crippen LogP contribution in [0, 0.1) is 12.7 Å². The third-order valence-electron chi connectivity index (χ3n) is 2.66. The molecule has 0 aliphatic rings. The van der Waals surface area contributed by atoms with Crippen LogP contribution in [0.2, 0.25) is 5.02 Å². The van der Waals surface area contributed by atoms with Crippen LogP contribution in [-0.2, 0) is 6.54 Å². The summed E-state index contributed by atoms with van der Waals surface area (Å²) in [7, 11) is 0. The minimum absolute atomic E-state index is 0. The summed E-state index contributed by atoms with van der Waals surface area (Å²) in [6.45, 7) is 1.97. The van der Waals surface area contributed by atoms with Gasteiger partial charge in [0, 0.05) is 18.2 Å². The van der Waals surface area contributed by atoms with Crippen molar-refractivity contribution in [3.63, 3.8) is 0 Å². The van der Waals surface area contributed by atoms with Crippen LogP contribution in [0.4, 0.5) is 4.39 Å². The first-order chi connectivity index (χ1) is 8.61. The smallest absolute Gasteiger partial charge is 0.146 e. The van der Waals surface area contributed by atoms with Crippen molar-refractivity contribution in [2.75, 3.05) is 0 Å². The Bertz CT molecular complexity index is 552. The molecule has 0 saturated carbocycles. The van der Waals surface area contributed by atoms with Crippen molar-refractivity contribution in [3.05, 3.63) is 58.4 Å². The molecule has 2 N–H and O–H groups in total. The highest BCUT2D eigenvalue weighted by molar-refractivity contribution is 6.32. The maximum Gasteiger partial charge on any atom is 0.146 e. The predicted octanol–water partition coefficient (Wildman–Crippen LogP) is 4.46. The first-order valence-electron chi connectivity index (χ1n) is 5.53. The van der Waals surface area contributed by atoms with Crippen LogP contribution in [0.25, 0.3) is 0 Å². The van der Waals surface area contributed by atoms with Crippen molar-refractivity contribution in [2.45, 2.75) is 13.5 Å². The van der Waals surface area contributed by atoms with Gasteiger partial charge in [-0.2, -0.15) is 0 Å². The van der Waals surface area contributed by atoms with Gasteiger partial charge in [0.2, 0.25) is 0 Å². The number of aryl methyl sites for hydroxylation is 1. The first-order valence-corrected chi connectivity index (χ1v) is 5.91. The third-order valence-corrected chi connectivity index (χ3v) is 2.97. The van der Waals surface area contributed by atoms with E-state index in [9.17, 15) is 4.39 Å². The summed E-state index contributed by atoms with van der Waals surface area (Å²) in [6, 6.07) is 10.1. The van der Waals surface area contributed by atoms with Gasteiger partial charge in [-0.15, -0.1) is 12.4 Å². The topological polar surface area (TPSA) is 35.2 Å². The molecule has 0 aliphatic carbocycles. The largest absolute Gasteiger partial charge is 0.456 e. The fraction of sp³-hybridized carbons (Fsp3) is 0.143. The van der Waals surface area contributed by atoms with Gasteiger partial charge in [0.15, 0.2) is 0 Å². The Hall–Kier alpha value is -1.29. The molecule has 0 spiro atoms. The number of ether oxygens (including phenoxy) is 1. The molecule has 2 rings (SSSR count). The van der Waals surface area contributed by atoms with Gasteiger partial charge in [-0.1, -0.05) is 23.7 Å². The van der Waals surface area contributed by atoms with Crippen molar-refractivity contribution < 1.29 is 9.13 Å². The van der Waals surface area contributed by atoms with E-state index in [1.807, 2.05) is 0 Å². The van der Waals surface area contributed by atoms with Gasteiger partial charge >= 0.3 is 0 Å². The second-order valence-corrected chi connectivity index (χ2v) is 4.34. The molecular weight excluding hydrogens is 288 g/mol. The number of hydrogen-bond acceptors (Lipinski definition) is 2. The van der Waals surface area contributed by atoms with Crippen molar-refractivity contribution in [2.24, 2.45) is 5.73 Å². The molecule has 0 fully saturated rings. The van der Waals surface area contributed by atoms with Crippen LogP contribution >= 0.6 is 24.0 Å². The molecule has 2 aromatic carbocycles. The highest BCUT2D eigenvalue weighted by Crippen LogP contribution is 2.30.